The van der Waals surface area contributed by atoms with Crippen LogP contribution in [0.15, 0.2) is 65.3 Å². The summed E-state index contributed by atoms with van der Waals surface area (Å²) >= 11 is 3.41. The van der Waals surface area contributed by atoms with Gasteiger partial charge in [-0.2, -0.15) is 0 Å². The van der Waals surface area contributed by atoms with Crippen molar-refractivity contribution >= 4 is 32.6 Å². The molecule has 0 aliphatic heterocycles. The highest BCUT2D eigenvalue weighted by atomic mass is 79.9. The molecule has 0 unspecified atom stereocenters. The average molecular weight is 355 g/mol. The Morgan fingerprint density at radius 3 is 2.59 bits per heavy atom. The summed E-state index contributed by atoms with van der Waals surface area (Å²) < 4.78 is 1.03. The lowest BCUT2D eigenvalue weighted by molar-refractivity contribution is 0.0781. The van der Waals surface area contributed by atoms with Crippen LogP contribution >= 0.6 is 15.9 Å². The normalized spacial score (nSPS) is 10.6. The molecule has 0 N–H and O–H groups in total. The molecule has 22 heavy (non-hydrogen) atoms. The van der Waals surface area contributed by atoms with Crippen LogP contribution in [0.5, 0.6) is 0 Å². The van der Waals surface area contributed by atoms with Crippen LogP contribution in [0.4, 0.5) is 0 Å². The summed E-state index contributed by atoms with van der Waals surface area (Å²) in [6, 6.07) is 17.7. The van der Waals surface area contributed by atoms with Crippen LogP contribution in [0, 0.1) is 0 Å². The van der Waals surface area contributed by atoms with Gasteiger partial charge in [-0.25, -0.2) is 0 Å². The van der Waals surface area contributed by atoms with Crippen LogP contribution < -0.4 is 0 Å². The Hall–Kier alpha value is -2.20. The molecular weight excluding hydrogens is 340 g/mol. The number of pyridine rings is 1. The van der Waals surface area contributed by atoms with E-state index in [4.69, 9.17) is 0 Å². The van der Waals surface area contributed by atoms with Crippen molar-refractivity contribution in [1.82, 2.24) is 9.88 Å². The van der Waals surface area contributed by atoms with Gasteiger partial charge in [0.15, 0.2) is 0 Å². The highest BCUT2D eigenvalue weighted by Gasteiger charge is 2.16. The second-order valence-electron chi connectivity index (χ2n) is 5.17. The molecule has 1 heterocycles. The Balaban J connectivity index is 1.87. The molecule has 1 amide bonds. The third-order valence-corrected chi connectivity index (χ3v) is 4.08. The fourth-order valence-corrected chi connectivity index (χ4v) is 2.67. The fraction of sp³-hybridized carbons (Fsp3) is 0.111. The molecule has 0 radical (unpaired) electrons. The summed E-state index contributed by atoms with van der Waals surface area (Å²) in [5.41, 5.74) is 1.58. The highest BCUT2D eigenvalue weighted by molar-refractivity contribution is 9.10. The number of carbonyl (C=O) groups excluding carboxylic acids is 1. The van der Waals surface area contributed by atoms with Gasteiger partial charge < -0.3 is 4.90 Å². The summed E-state index contributed by atoms with van der Waals surface area (Å²) in [5.74, 6) is -0.0697. The molecule has 0 fully saturated rings. The van der Waals surface area contributed by atoms with E-state index in [0.29, 0.717) is 12.2 Å². The molecular formula is C18H15BrN2O. The van der Waals surface area contributed by atoms with Gasteiger partial charge in [0, 0.05) is 29.6 Å². The van der Waals surface area contributed by atoms with Gasteiger partial charge in [-0.1, -0.05) is 52.3 Å². The zero-order valence-electron chi connectivity index (χ0n) is 12.2. The Morgan fingerprint density at radius 1 is 1.09 bits per heavy atom. The molecule has 3 rings (SSSR count). The van der Waals surface area contributed by atoms with Crippen molar-refractivity contribution in [2.24, 2.45) is 0 Å². The SMILES string of the molecule is CN(Cc1ccc(Br)cc1)C(=O)c1nccc2ccccc12. The van der Waals surface area contributed by atoms with E-state index >= 15 is 0 Å². The Bertz CT molecular complexity index is 809. The van der Waals surface area contributed by atoms with Crippen LogP contribution in [-0.2, 0) is 6.54 Å². The second kappa shape index (κ2) is 6.28. The van der Waals surface area contributed by atoms with Crippen LogP contribution in [-0.4, -0.2) is 22.8 Å². The zero-order chi connectivity index (χ0) is 15.5. The largest absolute Gasteiger partial charge is 0.336 e. The van der Waals surface area contributed by atoms with Gasteiger partial charge in [-0.15, -0.1) is 0 Å². The summed E-state index contributed by atoms with van der Waals surface area (Å²) in [4.78, 5) is 18.7. The van der Waals surface area contributed by atoms with Gasteiger partial charge in [0.25, 0.3) is 5.91 Å². The quantitative estimate of drug-likeness (QED) is 0.703. The highest BCUT2D eigenvalue weighted by Crippen LogP contribution is 2.18. The summed E-state index contributed by atoms with van der Waals surface area (Å²) in [7, 11) is 1.80. The number of rotatable bonds is 3. The molecule has 0 bridgehead atoms. The minimum absolute atomic E-state index is 0.0697. The third kappa shape index (κ3) is 3.02. The third-order valence-electron chi connectivity index (χ3n) is 3.56. The molecule has 0 atom stereocenters. The number of hydrogen-bond acceptors (Lipinski definition) is 2. The monoisotopic (exact) mass is 354 g/mol. The summed E-state index contributed by atoms with van der Waals surface area (Å²) in [6.45, 7) is 0.553. The predicted octanol–water partition coefficient (Wildman–Crippen LogP) is 4.27. The fourth-order valence-electron chi connectivity index (χ4n) is 2.41. The van der Waals surface area contributed by atoms with Gasteiger partial charge in [0.2, 0.25) is 0 Å². The Labute approximate surface area is 137 Å². The molecule has 0 saturated heterocycles. The van der Waals surface area contributed by atoms with Gasteiger partial charge in [0.05, 0.1) is 0 Å². The molecule has 0 aliphatic rings. The second-order valence-corrected chi connectivity index (χ2v) is 6.08. The number of benzene rings is 2. The lowest BCUT2D eigenvalue weighted by Crippen LogP contribution is -2.27. The van der Waals surface area contributed by atoms with E-state index in [9.17, 15) is 4.79 Å². The van der Waals surface area contributed by atoms with E-state index in [-0.39, 0.29) is 5.91 Å². The maximum atomic E-state index is 12.7. The van der Waals surface area contributed by atoms with E-state index in [0.717, 1.165) is 20.8 Å². The van der Waals surface area contributed by atoms with E-state index in [1.54, 1.807) is 18.1 Å². The standard InChI is InChI=1S/C18H15BrN2O/c1-21(12-13-6-8-15(19)9-7-13)18(22)17-16-5-3-2-4-14(16)10-11-20-17/h2-11H,12H2,1H3. The van der Waals surface area contributed by atoms with Crippen LogP contribution in [0.2, 0.25) is 0 Å². The maximum absolute atomic E-state index is 12.7. The predicted molar refractivity (Wildman–Crippen MR) is 91.7 cm³/mol. The van der Waals surface area contributed by atoms with Gasteiger partial charge in [-0.3, -0.25) is 9.78 Å². The van der Waals surface area contributed by atoms with Gasteiger partial charge in [0.1, 0.15) is 5.69 Å². The topological polar surface area (TPSA) is 33.2 Å². The average Bonchev–Trinajstić information content (AvgIpc) is 2.55. The van der Waals surface area contributed by atoms with Gasteiger partial charge >= 0.3 is 0 Å². The van der Waals surface area contributed by atoms with Crippen molar-refractivity contribution in [2.75, 3.05) is 7.05 Å². The number of nitrogens with zero attached hydrogens (tertiary/aromatic N) is 2. The maximum Gasteiger partial charge on any atom is 0.273 e. The molecule has 0 aliphatic carbocycles. The lowest BCUT2D eigenvalue weighted by Gasteiger charge is -2.17. The molecule has 1 aromatic heterocycles. The molecule has 0 spiro atoms. The van der Waals surface area contributed by atoms with Crippen molar-refractivity contribution in [3.05, 3.63) is 76.5 Å². The molecule has 4 heteroatoms. The van der Waals surface area contributed by atoms with Gasteiger partial charge in [-0.05, 0) is 29.1 Å². The van der Waals surface area contributed by atoms with E-state index < -0.39 is 0 Å². The first-order valence-corrected chi connectivity index (χ1v) is 7.78. The summed E-state index contributed by atoms with van der Waals surface area (Å²) in [5, 5.41) is 1.91. The minimum Gasteiger partial charge on any atom is -0.336 e. The van der Waals surface area contributed by atoms with Crippen LogP contribution in [0.1, 0.15) is 16.1 Å². The number of aromatic nitrogens is 1. The number of hydrogen-bond donors (Lipinski definition) is 0. The van der Waals surface area contributed by atoms with Crippen molar-refractivity contribution in [1.29, 1.82) is 0 Å². The molecule has 0 saturated carbocycles. The van der Waals surface area contributed by atoms with E-state index in [1.165, 1.54) is 0 Å². The molecule has 3 nitrogen and oxygen atoms in total. The number of halogens is 1. The molecule has 2 aromatic carbocycles. The van der Waals surface area contributed by atoms with Crippen molar-refractivity contribution in [2.45, 2.75) is 6.54 Å². The Kier molecular flexibility index (Phi) is 4.20. The zero-order valence-corrected chi connectivity index (χ0v) is 13.7. The molecule has 3 aromatic rings. The lowest BCUT2D eigenvalue weighted by atomic mass is 10.1. The number of carbonyl (C=O) groups is 1. The van der Waals surface area contributed by atoms with Crippen LogP contribution in [0.3, 0.4) is 0 Å². The Morgan fingerprint density at radius 2 is 1.82 bits per heavy atom. The van der Waals surface area contributed by atoms with Crippen molar-refractivity contribution in [3.8, 4) is 0 Å². The van der Waals surface area contributed by atoms with Crippen LogP contribution in [0.25, 0.3) is 10.8 Å². The number of fused-ring (bicyclic) bond motifs is 1. The van der Waals surface area contributed by atoms with Crippen molar-refractivity contribution in [3.63, 3.8) is 0 Å². The summed E-state index contributed by atoms with van der Waals surface area (Å²) in [6.07, 6.45) is 1.68. The minimum atomic E-state index is -0.0697. The number of amides is 1. The first-order valence-electron chi connectivity index (χ1n) is 6.99. The van der Waals surface area contributed by atoms with E-state index in [2.05, 4.69) is 20.9 Å². The molecule has 110 valence electrons. The smallest absolute Gasteiger partial charge is 0.273 e. The van der Waals surface area contributed by atoms with E-state index in [1.807, 2.05) is 54.6 Å². The first kappa shape index (κ1) is 14.7. The first-order chi connectivity index (χ1) is 10.6. The van der Waals surface area contributed by atoms with Crippen molar-refractivity contribution < 1.29 is 4.79 Å².